The molecular formula is C24H37NO4. The van der Waals surface area contributed by atoms with E-state index in [0.717, 1.165) is 18.3 Å². The molecule has 3 saturated carbocycles. The maximum absolute atomic E-state index is 11.8. The van der Waals surface area contributed by atoms with Gasteiger partial charge in [0.1, 0.15) is 11.4 Å². The average Bonchev–Trinajstić information content (AvgIpc) is 2.64. The molecule has 3 aliphatic carbocycles. The van der Waals surface area contributed by atoms with Crippen molar-refractivity contribution in [1.29, 1.82) is 0 Å². The van der Waals surface area contributed by atoms with Crippen LogP contribution in [0.3, 0.4) is 0 Å². The molecule has 0 heterocycles. The number of carbonyl (C=O) groups is 1. The molecule has 1 aromatic rings. The van der Waals surface area contributed by atoms with E-state index in [-0.39, 0.29) is 0 Å². The predicted octanol–water partition coefficient (Wildman–Crippen LogP) is 5.14. The number of hydrogen-bond acceptors (Lipinski definition) is 4. The number of nitrogens with two attached hydrogens (primary N) is 1. The number of carbonyl (C=O) groups excluding carboxylic acids is 1. The SMILES string of the molecule is CC(C)(C)C(OC(N)=O)(c1ccc(OCC23CCC(CC2)CC3)cc1)C(C)(C)O. The van der Waals surface area contributed by atoms with Gasteiger partial charge in [-0.3, -0.25) is 0 Å². The molecule has 162 valence electrons. The summed E-state index contributed by atoms with van der Waals surface area (Å²) in [7, 11) is 0. The third-order valence-electron chi connectivity index (χ3n) is 7.23. The molecule has 1 aromatic carbocycles. The molecule has 1 unspecified atom stereocenters. The molecule has 0 saturated heterocycles. The molecule has 1 atom stereocenters. The van der Waals surface area contributed by atoms with E-state index >= 15 is 0 Å². The van der Waals surface area contributed by atoms with Crippen LogP contribution < -0.4 is 10.5 Å². The van der Waals surface area contributed by atoms with Gasteiger partial charge in [0.05, 0.1) is 6.61 Å². The third-order valence-corrected chi connectivity index (χ3v) is 7.23. The van der Waals surface area contributed by atoms with Crippen LogP contribution in [-0.2, 0) is 10.3 Å². The standard InChI is InChI=1S/C24H37NO4/c1-21(2,3)24(22(4,5)27,29-20(25)26)18-6-8-19(9-7-18)28-16-23-13-10-17(11-14-23)12-15-23/h6-9,17,27H,10-16H2,1-5H3,(H2,25,26). The number of fused-ring (bicyclic) bond motifs is 3. The number of primary amides is 1. The van der Waals surface area contributed by atoms with Crippen molar-refractivity contribution in [3.05, 3.63) is 29.8 Å². The summed E-state index contributed by atoms with van der Waals surface area (Å²) in [4.78, 5) is 11.8. The number of ether oxygens (including phenoxy) is 2. The number of rotatable bonds is 6. The van der Waals surface area contributed by atoms with Crippen LogP contribution in [0.5, 0.6) is 5.75 Å². The van der Waals surface area contributed by atoms with Gasteiger partial charge in [0.2, 0.25) is 0 Å². The smallest absolute Gasteiger partial charge is 0.405 e. The minimum Gasteiger partial charge on any atom is -0.493 e. The first-order chi connectivity index (χ1) is 13.4. The molecular weight excluding hydrogens is 366 g/mol. The van der Waals surface area contributed by atoms with Crippen LogP contribution in [0.15, 0.2) is 24.3 Å². The average molecular weight is 404 g/mol. The fraction of sp³-hybridized carbons (Fsp3) is 0.708. The van der Waals surface area contributed by atoms with E-state index in [4.69, 9.17) is 15.2 Å². The largest absolute Gasteiger partial charge is 0.493 e. The Labute approximate surface area is 175 Å². The number of amides is 1. The van der Waals surface area contributed by atoms with Crippen LogP contribution in [-0.4, -0.2) is 23.4 Å². The van der Waals surface area contributed by atoms with Gasteiger partial charge in [-0.05, 0) is 76.0 Å². The predicted molar refractivity (Wildman–Crippen MR) is 114 cm³/mol. The van der Waals surface area contributed by atoms with Crippen LogP contribution >= 0.6 is 0 Å². The first-order valence-corrected chi connectivity index (χ1v) is 10.8. The molecule has 5 heteroatoms. The Kier molecular flexibility index (Phi) is 5.67. The van der Waals surface area contributed by atoms with Crippen LogP contribution in [0.2, 0.25) is 0 Å². The number of benzene rings is 1. The molecule has 5 nitrogen and oxygen atoms in total. The Morgan fingerprint density at radius 3 is 2.00 bits per heavy atom. The zero-order valence-electron chi connectivity index (χ0n) is 18.6. The minimum absolute atomic E-state index is 0.338. The normalized spacial score (nSPS) is 26.6. The van der Waals surface area contributed by atoms with Gasteiger partial charge in [0.15, 0.2) is 5.60 Å². The van der Waals surface area contributed by atoms with E-state index in [1.165, 1.54) is 38.5 Å². The summed E-state index contributed by atoms with van der Waals surface area (Å²) in [6.45, 7) is 9.83. The number of hydrogen-bond donors (Lipinski definition) is 2. The second-order valence-electron chi connectivity index (χ2n) is 10.7. The van der Waals surface area contributed by atoms with Crippen LogP contribution in [0.4, 0.5) is 4.79 Å². The van der Waals surface area contributed by atoms with E-state index in [1.807, 2.05) is 45.0 Å². The quantitative estimate of drug-likeness (QED) is 0.689. The second kappa shape index (κ2) is 7.50. The van der Waals surface area contributed by atoms with Gasteiger partial charge in [-0.25, -0.2) is 4.79 Å². The molecule has 3 aliphatic rings. The summed E-state index contributed by atoms with van der Waals surface area (Å²) in [5.74, 6) is 1.74. The van der Waals surface area contributed by atoms with Crippen LogP contribution in [0.25, 0.3) is 0 Å². The van der Waals surface area contributed by atoms with Crippen molar-refractivity contribution in [3.8, 4) is 5.75 Å². The lowest BCUT2D eigenvalue weighted by Gasteiger charge is -2.51. The Hall–Kier alpha value is -1.75. The van der Waals surface area contributed by atoms with Crippen molar-refractivity contribution in [2.24, 2.45) is 22.5 Å². The van der Waals surface area contributed by atoms with Crippen LogP contribution in [0.1, 0.15) is 78.7 Å². The van der Waals surface area contributed by atoms with Crippen molar-refractivity contribution in [3.63, 3.8) is 0 Å². The van der Waals surface area contributed by atoms with E-state index in [1.54, 1.807) is 13.8 Å². The van der Waals surface area contributed by atoms with Crippen molar-refractivity contribution >= 4 is 6.09 Å². The van der Waals surface area contributed by atoms with Crippen LogP contribution in [0, 0.1) is 16.7 Å². The summed E-state index contributed by atoms with van der Waals surface area (Å²) >= 11 is 0. The van der Waals surface area contributed by atoms with Gasteiger partial charge < -0.3 is 20.3 Å². The fourth-order valence-corrected chi connectivity index (χ4v) is 5.77. The van der Waals surface area contributed by atoms with Crippen molar-refractivity contribution in [2.45, 2.75) is 84.3 Å². The fourth-order valence-electron chi connectivity index (χ4n) is 5.77. The van der Waals surface area contributed by atoms with E-state index < -0.39 is 22.7 Å². The molecule has 3 N–H and O–H groups in total. The Balaban J connectivity index is 1.83. The van der Waals surface area contributed by atoms with Gasteiger partial charge in [0.25, 0.3) is 0 Å². The van der Waals surface area contributed by atoms with E-state index in [2.05, 4.69) is 0 Å². The van der Waals surface area contributed by atoms with Gasteiger partial charge in [-0.15, -0.1) is 0 Å². The Morgan fingerprint density at radius 1 is 1.07 bits per heavy atom. The van der Waals surface area contributed by atoms with E-state index in [9.17, 15) is 9.90 Å². The lowest BCUT2D eigenvalue weighted by molar-refractivity contribution is -0.193. The lowest BCUT2D eigenvalue weighted by atomic mass is 9.61. The first kappa shape index (κ1) is 21.9. The summed E-state index contributed by atoms with van der Waals surface area (Å²) in [5.41, 5.74) is 3.20. The summed E-state index contributed by atoms with van der Waals surface area (Å²) in [6, 6.07) is 7.54. The maximum Gasteiger partial charge on any atom is 0.405 e. The summed E-state index contributed by atoms with van der Waals surface area (Å²) in [5, 5.41) is 11.0. The van der Waals surface area contributed by atoms with Crippen molar-refractivity contribution in [2.75, 3.05) is 6.61 Å². The molecule has 1 amide bonds. The van der Waals surface area contributed by atoms with Crippen molar-refractivity contribution in [1.82, 2.24) is 0 Å². The molecule has 29 heavy (non-hydrogen) atoms. The Bertz CT molecular complexity index is 691. The van der Waals surface area contributed by atoms with Gasteiger partial charge in [-0.1, -0.05) is 32.9 Å². The third kappa shape index (κ3) is 4.11. The lowest BCUT2D eigenvalue weighted by Crippen LogP contribution is -2.59. The monoisotopic (exact) mass is 403 g/mol. The summed E-state index contributed by atoms with van der Waals surface area (Å²) in [6.07, 6.45) is 6.93. The molecule has 0 radical (unpaired) electrons. The highest BCUT2D eigenvalue weighted by atomic mass is 16.6. The molecule has 0 spiro atoms. The molecule has 0 aliphatic heterocycles. The van der Waals surface area contributed by atoms with Crippen molar-refractivity contribution < 1.29 is 19.4 Å². The highest BCUT2D eigenvalue weighted by Crippen LogP contribution is 2.51. The Morgan fingerprint density at radius 2 is 1.59 bits per heavy atom. The zero-order valence-corrected chi connectivity index (χ0v) is 18.6. The van der Waals surface area contributed by atoms with Gasteiger partial charge >= 0.3 is 6.09 Å². The highest BCUT2D eigenvalue weighted by Gasteiger charge is 2.57. The number of aliphatic hydroxyl groups is 1. The molecule has 3 fully saturated rings. The molecule has 2 bridgehead atoms. The summed E-state index contributed by atoms with van der Waals surface area (Å²) < 4.78 is 11.8. The minimum atomic E-state index is -1.34. The highest BCUT2D eigenvalue weighted by molar-refractivity contribution is 5.66. The first-order valence-electron chi connectivity index (χ1n) is 10.8. The second-order valence-corrected chi connectivity index (χ2v) is 10.7. The maximum atomic E-state index is 11.8. The molecule has 0 aromatic heterocycles. The van der Waals surface area contributed by atoms with Gasteiger partial charge in [-0.2, -0.15) is 0 Å². The van der Waals surface area contributed by atoms with Gasteiger partial charge in [0, 0.05) is 10.8 Å². The van der Waals surface area contributed by atoms with E-state index in [0.29, 0.717) is 11.0 Å². The topological polar surface area (TPSA) is 81.8 Å². The molecule has 4 rings (SSSR count). The zero-order chi connectivity index (χ0) is 21.5.